The van der Waals surface area contributed by atoms with E-state index in [4.69, 9.17) is 28.4 Å². The molecule has 0 spiro atoms. The van der Waals surface area contributed by atoms with Crippen molar-refractivity contribution in [1.82, 2.24) is 0 Å². The molecule has 0 aliphatic heterocycles. The Kier molecular flexibility index (Phi) is 16.5. The molecule has 24 nitrogen and oxygen atoms in total. The zero-order chi connectivity index (χ0) is 57.8. The molecule has 0 unspecified atom stereocenters. The number of benzene rings is 6. The molecule has 0 radical (unpaired) electrons. The second-order valence-corrected chi connectivity index (χ2v) is 25.7. The number of fused-ring (bicyclic) bond motifs is 12. The molecule has 0 amide bonds. The van der Waals surface area contributed by atoms with Gasteiger partial charge in [0.15, 0.2) is 0 Å². The second kappa shape index (κ2) is 21.7. The molecule has 0 fully saturated rings. The van der Waals surface area contributed by atoms with Crippen molar-refractivity contribution in [2.45, 2.75) is 67.9 Å². The van der Waals surface area contributed by atoms with Gasteiger partial charge in [0, 0.05) is 105 Å². The molecule has 420 valence electrons. The standard InChI is InChI=1S/C48H48O24S6/c1-67-43-25-7-27-15-38(74(52,53)54)17-29(44(27)68-2)9-31-19-40(76(58,59)60)21-33(46(31)70-4)11-35-23-42(78(64,65)66)24-36(48(35)72-6)12-34-22-41(77(61,62)63)20-32(47(34)71-5)10-30-18-39(75(55,56)57)16-28(45(30)69-3)8-26(43)14-37(13-25)73(49,50)51/h13-24H,7-12H2,1-6H3,(H,49,50,51)(H,52,53,54)(H,55,56,57)(H,58,59,60)(H,61,62,63)(H,64,65,66)/p-6. The third-order valence-corrected chi connectivity index (χ3v) is 17.4. The molecule has 6 aromatic rings. The van der Waals surface area contributed by atoms with Gasteiger partial charge in [0.05, 0.1) is 72.0 Å². The van der Waals surface area contributed by atoms with Gasteiger partial charge in [-0.05, 0) is 72.8 Å². The van der Waals surface area contributed by atoms with Crippen molar-refractivity contribution in [1.29, 1.82) is 0 Å². The van der Waals surface area contributed by atoms with Gasteiger partial charge in [-0.3, -0.25) is 0 Å². The average Bonchev–Trinajstić information content (AvgIpc) is 3.38. The minimum absolute atomic E-state index is 0.210. The van der Waals surface area contributed by atoms with Gasteiger partial charge in [-0.1, -0.05) is 0 Å². The zero-order valence-corrected chi connectivity index (χ0v) is 46.3. The van der Waals surface area contributed by atoms with E-state index in [1.54, 1.807) is 0 Å². The lowest BCUT2D eigenvalue weighted by atomic mass is 9.91. The van der Waals surface area contributed by atoms with Gasteiger partial charge in [0.1, 0.15) is 95.2 Å². The van der Waals surface area contributed by atoms with Crippen LogP contribution in [0.3, 0.4) is 0 Å². The van der Waals surface area contributed by atoms with E-state index in [9.17, 15) is 77.8 Å². The Morgan fingerprint density at radius 1 is 0.231 bits per heavy atom. The van der Waals surface area contributed by atoms with Crippen molar-refractivity contribution >= 4 is 60.7 Å². The first-order valence-electron chi connectivity index (χ1n) is 22.1. The van der Waals surface area contributed by atoms with Crippen LogP contribution in [0.4, 0.5) is 0 Å². The summed E-state index contributed by atoms with van der Waals surface area (Å²) in [6.07, 6.45) is -3.86. The highest BCUT2D eigenvalue weighted by molar-refractivity contribution is 7.87. The minimum atomic E-state index is -5.43. The molecule has 0 saturated heterocycles. The van der Waals surface area contributed by atoms with Gasteiger partial charge in [0.25, 0.3) is 0 Å². The number of rotatable bonds is 12. The van der Waals surface area contributed by atoms with Crippen LogP contribution in [0, 0.1) is 0 Å². The van der Waals surface area contributed by atoms with Crippen LogP contribution in [0.1, 0.15) is 66.8 Å². The summed E-state index contributed by atoms with van der Waals surface area (Å²) in [5.74, 6) is -1.41. The van der Waals surface area contributed by atoms with E-state index in [-0.39, 0.29) is 101 Å². The quantitative estimate of drug-likeness (QED) is 0.159. The van der Waals surface area contributed by atoms with Gasteiger partial charge in [0.2, 0.25) is 0 Å². The Hall–Kier alpha value is -6.42. The Morgan fingerprint density at radius 2 is 0.321 bits per heavy atom. The number of ether oxygens (including phenoxy) is 6. The van der Waals surface area contributed by atoms with E-state index >= 15 is 0 Å². The first-order chi connectivity index (χ1) is 36.1. The number of hydrogen-bond donors (Lipinski definition) is 0. The maximum atomic E-state index is 12.9. The molecule has 0 N–H and O–H groups in total. The third-order valence-electron chi connectivity index (χ3n) is 12.5. The Bertz CT molecular complexity index is 3320. The van der Waals surface area contributed by atoms with Crippen LogP contribution in [0.5, 0.6) is 34.5 Å². The number of hydrogen-bond acceptors (Lipinski definition) is 24. The van der Waals surface area contributed by atoms with Gasteiger partial charge in [-0.2, -0.15) is 0 Å². The summed E-state index contributed by atoms with van der Waals surface area (Å²) in [6, 6.07) is 10.3. The van der Waals surface area contributed by atoms with E-state index in [0.29, 0.717) is 0 Å². The van der Waals surface area contributed by atoms with Crippen molar-refractivity contribution in [3.8, 4) is 34.5 Å². The monoisotopic (exact) mass is 1190 g/mol. The molecule has 12 bridgehead atoms. The normalized spacial score (nSPS) is 13.7. The largest absolute Gasteiger partial charge is 0.744 e. The maximum absolute atomic E-state index is 12.9. The minimum Gasteiger partial charge on any atom is -0.744 e. The van der Waals surface area contributed by atoms with Crippen LogP contribution < -0.4 is 28.4 Å². The van der Waals surface area contributed by atoms with Crippen LogP contribution in [0.15, 0.2) is 102 Å². The molecule has 0 aromatic heterocycles. The van der Waals surface area contributed by atoms with Crippen LogP contribution >= 0.6 is 0 Å². The van der Waals surface area contributed by atoms with Crippen LogP contribution in [0.2, 0.25) is 0 Å². The highest BCUT2D eigenvalue weighted by Crippen LogP contribution is 2.43. The molecule has 1 aliphatic rings. The summed E-state index contributed by atoms with van der Waals surface area (Å²) in [4.78, 5) is -5.52. The lowest BCUT2D eigenvalue weighted by Gasteiger charge is -2.24. The molecule has 78 heavy (non-hydrogen) atoms. The summed E-state index contributed by atoms with van der Waals surface area (Å²) >= 11 is 0. The molecule has 30 heteroatoms. The van der Waals surface area contributed by atoms with Crippen molar-refractivity contribution in [3.63, 3.8) is 0 Å². The van der Waals surface area contributed by atoms with Gasteiger partial charge in [-0.15, -0.1) is 0 Å². The topological polar surface area (TPSA) is 399 Å². The molecule has 7 rings (SSSR count). The summed E-state index contributed by atoms with van der Waals surface area (Å²) in [5, 5.41) is 0. The fourth-order valence-electron chi connectivity index (χ4n) is 9.58. The van der Waals surface area contributed by atoms with Gasteiger partial charge >= 0.3 is 0 Å². The highest BCUT2D eigenvalue weighted by atomic mass is 32.2. The molecule has 0 heterocycles. The van der Waals surface area contributed by atoms with Crippen LogP contribution in [-0.4, -0.2) is 120 Å². The molecule has 6 aromatic carbocycles. The van der Waals surface area contributed by atoms with Crippen molar-refractivity contribution < 1.29 is 106 Å². The Balaban J connectivity index is 1.68. The smallest absolute Gasteiger partial charge is 0.125 e. The SMILES string of the molecule is COc1c2cc(S(=O)(=O)[O-])cc1Cc1cc(S(=O)(=O)[O-])cc(c1OC)Cc1cc(S(=O)(=O)[O-])cc(c1OC)Cc1cc(S(=O)(=O)[O-])cc(c1OC)Cc1cc(S(=O)(=O)[O-])cc(c1OC)Cc1cc(S(=O)(=O)[O-])cc(c1OC)C2. The highest BCUT2D eigenvalue weighted by Gasteiger charge is 2.28. The first-order valence-corrected chi connectivity index (χ1v) is 30.5. The van der Waals surface area contributed by atoms with E-state index in [2.05, 4.69) is 0 Å². The lowest BCUT2D eigenvalue weighted by Crippen LogP contribution is -2.11. The second-order valence-electron chi connectivity index (χ2n) is 17.4. The summed E-state index contributed by atoms with van der Waals surface area (Å²) < 4.78 is 266. The average molecular weight is 1200 g/mol. The lowest BCUT2D eigenvalue weighted by molar-refractivity contribution is 0.395. The fourth-order valence-corrected chi connectivity index (χ4v) is 13.0. The molecule has 1 aliphatic carbocycles. The number of methoxy groups -OCH3 is 6. The predicted octanol–water partition coefficient (Wildman–Crippen LogP) is 3.02. The Labute approximate surface area is 449 Å². The zero-order valence-electron chi connectivity index (χ0n) is 41.4. The summed E-state index contributed by atoms with van der Waals surface area (Å²) in [7, 11) is -25.9. The van der Waals surface area contributed by atoms with Crippen molar-refractivity contribution in [2.75, 3.05) is 42.7 Å². The van der Waals surface area contributed by atoms with E-state index < -0.39 is 129 Å². The summed E-state index contributed by atoms with van der Waals surface area (Å²) in [5.41, 5.74) is -2.52. The molecule has 0 atom stereocenters. The molecular formula is C48H42O24S6-6. The van der Waals surface area contributed by atoms with Crippen LogP contribution in [-0.2, 0) is 99.2 Å². The summed E-state index contributed by atoms with van der Waals surface area (Å²) in [6.45, 7) is 0. The predicted molar refractivity (Wildman–Crippen MR) is 263 cm³/mol. The van der Waals surface area contributed by atoms with E-state index in [1.165, 1.54) is 0 Å². The van der Waals surface area contributed by atoms with Gasteiger partial charge < -0.3 is 55.7 Å². The maximum Gasteiger partial charge on any atom is 0.125 e. The Morgan fingerprint density at radius 3 is 0.385 bits per heavy atom. The fraction of sp³-hybridized carbons (Fsp3) is 0.250. The molecule has 0 saturated carbocycles. The van der Waals surface area contributed by atoms with Crippen molar-refractivity contribution in [2.24, 2.45) is 0 Å². The van der Waals surface area contributed by atoms with E-state index in [1.807, 2.05) is 0 Å². The van der Waals surface area contributed by atoms with E-state index in [0.717, 1.165) is 115 Å². The van der Waals surface area contributed by atoms with Crippen LogP contribution in [0.25, 0.3) is 0 Å². The third kappa shape index (κ3) is 12.5. The van der Waals surface area contributed by atoms with Crippen molar-refractivity contribution in [3.05, 3.63) is 140 Å². The first kappa shape index (κ1) is 59.2. The molecular weight excluding hydrogens is 1150 g/mol. The van der Waals surface area contributed by atoms with Gasteiger partial charge in [-0.25, -0.2) is 50.5 Å².